The van der Waals surface area contributed by atoms with Gasteiger partial charge in [0.05, 0.1) is 17.8 Å². The molecule has 2 N–H and O–H groups in total. The highest BCUT2D eigenvalue weighted by Gasteiger charge is 2.28. The predicted molar refractivity (Wildman–Crippen MR) is 135 cm³/mol. The molecule has 10 heteroatoms. The summed E-state index contributed by atoms with van der Waals surface area (Å²) in [5, 5.41) is 8.70. The van der Waals surface area contributed by atoms with Crippen LogP contribution in [0.15, 0.2) is 59.5 Å². The molecular weight excluding hydrogens is 458 g/mol. The van der Waals surface area contributed by atoms with Gasteiger partial charge in [-0.1, -0.05) is 23.4 Å². The van der Waals surface area contributed by atoms with Gasteiger partial charge in [-0.3, -0.25) is 4.68 Å². The first-order valence-corrected chi connectivity index (χ1v) is 11.9. The number of hydrogen-bond donors (Lipinski definition) is 1. The maximum Gasteiger partial charge on any atom is 0.410 e. The van der Waals surface area contributed by atoms with Crippen LogP contribution in [0.1, 0.15) is 39.7 Å². The average molecular weight is 488 g/mol. The Labute approximate surface area is 209 Å². The Morgan fingerprint density at radius 1 is 1.08 bits per heavy atom. The van der Waals surface area contributed by atoms with Crippen molar-refractivity contribution in [3.63, 3.8) is 0 Å². The van der Waals surface area contributed by atoms with Crippen LogP contribution in [-0.4, -0.2) is 54.6 Å². The van der Waals surface area contributed by atoms with Gasteiger partial charge in [0.25, 0.3) is 5.89 Å². The van der Waals surface area contributed by atoms with Crippen molar-refractivity contribution in [1.29, 1.82) is 0 Å². The third-order valence-corrected chi connectivity index (χ3v) is 6.03. The lowest BCUT2D eigenvalue weighted by Crippen LogP contribution is -2.42. The first kappa shape index (κ1) is 23.5. The molecule has 10 nitrogen and oxygen atoms in total. The number of carbonyl (C=O) groups is 1. The zero-order chi connectivity index (χ0) is 25.3. The largest absolute Gasteiger partial charge is 0.444 e. The zero-order valence-corrected chi connectivity index (χ0v) is 20.6. The van der Waals surface area contributed by atoms with Crippen LogP contribution in [0.2, 0.25) is 0 Å². The number of amides is 1. The number of nitrogens with two attached hydrogens (primary N) is 1. The Kier molecular flexibility index (Phi) is 6.17. The number of anilines is 1. The third-order valence-electron chi connectivity index (χ3n) is 6.03. The van der Waals surface area contributed by atoms with Gasteiger partial charge in [0.15, 0.2) is 0 Å². The minimum absolute atomic E-state index is 0.198. The SMILES string of the molecule is CC(C)(C)OC(=O)N1CCC(n2cc(-c3cnc(N)c(-c4noc(-c5ccccc5)n4)c3)cn2)CC1. The number of rotatable bonds is 4. The number of aromatic nitrogens is 5. The van der Waals surface area contributed by atoms with Crippen molar-refractivity contribution < 1.29 is 14.1 Å². The normalized spacial score (nSPS) is 14.7. The smallest absolute Gasteiger partial charge is 0.410 e. The van der Waals surface area contributed by atoms with E-state index in [1.165, 1.54) is 0 Å². The number of benzene rings is 1. The third kappa shape index (κ3) is 5.07. The van der Waals surface area contributed by atoms with Gasteiger partial charge in [0.2, 0.25) is 5.82 Å². The number of ether oxygens (including phenoxy) is 1. The number of nitrogens with zero attached hydrogens (tertiary/aromatic N) is 6. The van der Waals surface area contributed by atoms with Gasteiger partial charge in [0.1, 0.15) is 11.4 Å². The summed E-state index contributed by atoms with van der Waals surface area (Å²) in [6.45, 7) is 6.89. The minimum atomic E-state index is -0.499. The second-order valence-electron chi connectivity index (χ2n) is 9.85. The molecule has 3 aromatic heterocycles. The van der Waals surface area contributed by atoms with Gasteiger partial charge in [-0.2, -0.15) is 10.1 Å². The number of piperidine rings is 1. The molecule has 0 aliphatic carbocycles. The fraction of sp³-hybridized carbons (Fsp3) is 0.346. The molecule has 1 saturated heterocycles. The summed E-state index contributed by atoms with van der Waals surface area (Å²) in [6.07, 6.45) is 6.86. The van der Waals surface area contributed by atoms with Gasteiger partial charge in [-0.15, -0.1) is 0 Å². The second-order valence-corrected chi connectivity index (χ2v) is 9.85. The molecule has 0 radical (unpaired) electrons. The summed E-state index contributed by atoms with van der Waals surface area (Å²) >= 11 is 0. The van der Waals surface area contributed by atoms with Crippen molar-refractivity contribution in [2.75, 3.05) is 18.8 Å². The topological polar surface area (TPSA) is 125 Å². The summed E-state index contributed by atoms with van der Waals surface area (Å²) < 4.78 is 12.9. The first-order valence-electron chi connectivity index (χ1n) is 11.9. The second kappa shape index (κ2) is 9.44. The molecule has 1 aliphatic heterocycles. The van der Waals surface area contributed by atoms with Crippen LogP contribution in [0.5, 0.6) is 0 Å². The zero-order valence-electron chi connectivity index (χ0n) is 20.6. The maximum absolute atomic E-state index is 12.4. The highest BCUT2D eigenvalue weighted by molar-refractivity contribution is 5.76. The molecule has 1 amide bonds. The molecule has 0 saturated carbocycles. The molecule has 0 unspecified atom stereocenters. The molecule has 4 aromatic rings. The Balaban J connectivity index is 1.30. The van der Waals surface area contributed by atoms with Crippen molar-refractivity contribution in [2.24, 2.45) is 0 Å². The quantitative estimate of drug-likeness (QED) is 0.434. The average Bonchev–Trinajstić information content (AvgIpc) is 3.55. The highest BCUT2D eigenvalue weighted by Crippen LogP contribution is 2.31. The number of likely N-dealkylation sites (tertiary alicyclic amines) is 1. The Bertz CT molecular complexity index is 1350. The van der Waals surface area contributed by atoms with Gasteiger partial charge in [0, 0.05) is 42.2 Å². The number of hydrogen-bond acceptors (Lipinski definition) is 8. The van der Waals surface area contributed by atoms with E-state index in [9.17, 15) is 4.79 Å². The Morgan fingerprint density at radius 3 is 2.56 bits per heavy atom. The molecular formula is C26H29N7O3. The summed E-state index contributed by atoms with van der Waals surface area (Å²) in [5.41, 5.74) is 8.83. The summed E-state index contributed by atoms with van der Waals surface area (Å²) in [6, 6.07) is 11.7. The molecule has 4 heterocycles. The van der Waals surface area contributed by atoms with Gasteiger partial charge >= 0.3 is 6.09 Å². The van der Waals surface area contributed by atoms with E-state index < -0.39 is 5.60 Å². The van der Waals surface area contributed by atoms with Crippen molar-refractivity contribution >= 4 is 11.9 Å². The molecule has 1 fully saturated rings. The van der Waals surface area contributed by atoms with Crippen LogP contribution >= 0.6 is 0 Å². The molecule has 1 aliphatic rings. The van der Waals surface area contributed by atoms with E-state index in [0.717, 1.165) is 29.5 Å². The lowest BCUT2D eigenvalue weighted by molar-refractivity contribution is 0.0185. The first-order chi connectivity index (χ1) is 17.3. The number of nitrogen functional groups attached to an aromatic ring is 1. The van der Waals surface area contributed by atoms with E-state index in [4.69, 9.17) is 15.0 Å². The molecule has 1 aromatic carbocycles. The van der Waals surface area contributed by atoms with Crippen molar-refractivity contribution in [2.45, 2.75) is 45.3 Å². The Hall–Kier alpha value is -4.21. The van der Waals surface area contributed by atoms with Gasteiger partial charge in [-0.25, -0.2) is 9.78 Å². The molecule has 5 rings (SSSR count). The van der Waals surface area contributed by atoms with E-state index in [-0.39, 0.29) is 12.1 Å². The van der Waals surface area contributed by atoms with Crippen LogP contribution in [0.4, 0.5) is 10.6 Å². The molecule has 0 atom stereocenters. The summed E-state index contributed by atoms with van der Waals surface area (Å²) in [7, 11) is 0. The van der Waals surface area contributed by atoms with E-state index in [1.807, 2.05) is 74.2 Å². The number of pyridine rings is 1. The van der Waals surface area contributed by atoms with E-state index in [1.54, 1.807) is 11.1 Å². The van der Waals surface area contributed by atoms with Crippen LogP contribution in [0.25, 0.3) is 34.0 Å². The van der Waals surface area contributed by atoms with E-state index in [0.29, 0.717) is 36.2 Å². The van der Waals surface area contributed by atoms with Crippen molar-refractivity contribution in [3.8, 4) is 34.0 Å². The minimum Gasteiger partial charge on any atom is -0.444 e. The molecule has 36 heavy (non-hydrogen) atoms. The molecule has 0 bridgehead atoms. The Morgan fingerprint density at radius 2 is 1.83 bits per heavy atom. The fourth-order valence-corrected chi connectivity index (χ4v) is 4.17. The van der Waals surface area contributed by atoms with Crippen LogP contribution < -0.4 is 5.73 Å². The molecule has 186 valence electrons. The monoisotopic (exact) mass is 487 g/mol. The van der Waals surface area contributed by atoms with Gasteiger partial charge < -0.3 is 19.9 Å². The van der Waals surface area contributed by atoms with E-state index in [2.05, 4.69) is 20.2 Å². The fourth-order valence-electron chi connectivity index (χ4n) is 4.17. The summed E-state index contributed by atoms with van der Waals surface area (Å²) in [5.74, 6) is 1.12. The highest BCUT2D eigenvalue weighted by atomic mass is 16.6. The number of carbonyl (C=O) groups excluding carboxylic acids is 1. The van der Waals surface area contributed by atoms with E-state index >= 15 is 0 Å². The van der Waals surface area contributed by atoms with Crippen molar-refractivity contribution in [3.05, 3.63) is 55.0 Å². The maximum atomic E-state index is 12.4. The predicted octanol–water partition coefficient (Wildman–Crippen LogP) is 4.82. The van der Waals surface area contributed by atoms with Crippen LogP contribution in [0.3, 0.4) is 0 Å². The lowest BCUT2D eigenvalue weighted by Gasteiger charge is -2.33. The molecule has 0 spiro atoms. The van der Waals surface area contributed by atoms with Crippen molar-refractivity contribution in [1.82, 2.24) is 29.8 Å². The van der Waals surface area contributed by atoms with Gasteiger partial charge in [-0.05, 0) is 51.8 Å². The standard InChI is InChI=1S/C26H29N7O3/c1-26(2,3)35-25(34)32-11-9-20(10-12-32)33-16-19(15-29-33)18-13-21(22(27)28-14-18)23-30-24(36-31-23)17-7-5-4-6-8-17/h4-8,13-16,20H,9-12H2,1-3H3,(H2,27,28). The van der Waals surface area contributed by atoms with Crippen LogP contribution in [0, 0.1) is 0 Å². The summed E-state index contributed by atoms with van der Waals surface area (Å²) in [4.78, 5) is 23.0. The van der Waals surface area contributed by atoms with Crippen LogP contribution in [-0.2, 0) is 4.74 Å². The lowest BCUT2D eigenvalue weighted by atomic mass is 10.1.